The fourth-order valence-electron chi connectivity index (χ4n) is 1.45. The first-order valence-corrected chi connectivity index (χ1v) is 7.25. The van der Waals surface area contributed by atoms with Gasteiger partial charge >= 0.3 is 11.9 Å². The van der Waals surface area contributed by atoms with Gasteiger partial charge in [0.1, 0.15) is 0 Å². The predicted octanol–water partition coefficient (Wildman–Crippen LogP) is 2.02. The minimum absolute atomic E-state index is 0.0741. The molecule has 0 aliphatic heterocycles. The van der Waals surface area contributed by atoms with Crippen molar-refractivity contribution >= 4 is 22.1 Å². The Morgan fingerprint density at radius 1 is 0.727 bits per heavy atom. The molecule has 0 fully saturated rings. The molecule has 2 rings (SSSR count). The molecule has 2 aromatic rings. The van der Waals surface area contributed by atoms with Gasteiger partial charge in [-0.05, 0) is 24.3 Å². The largest absolute Gasteiger partial charge is 0.478 e. The molecule has 2 aromatic carbocycles. The highest BCUT2D eigenvalue weighted by Gasteiger charge is 2.13. The maximum atomic E-state index is 10.5. The molecule has 0 amide bonds. The van der Waals surface area contributed by atoms with E-state index in [0.29, 0.717) is 0 Å². The average molecular weight is 324 g/mol. The van der Waals surface area contributed by atoms with Crippen molar-refractivity contribution in [3.8, 4) is 0 Å². The molecule has 0 aliphatic carbocycles. The van der Waals surface area contributed by atoms with Crippen molar-refractivity contribution < 1.29 is 32.8 Å². The van der Waals surface area contributed by atoms with E-state index in [4.69, 9.17) is 14.8 Å². The molecular weight excluding hydrogens is 312 g/mol. The highest BCUT2D eigenvalue weighted by atomic mass is 32.2. The Hall–Kier alpha value is -2.71. The van der Waals surface area contributed by atoms with Crippen molar-refractivity contribution in [2.75, 3.05) is 0 Å². The third-order valence-electron chi connectivity index (χ3n) is 2.43. The van der Waals surface area contributed by atoms with Crippen LogP contribution in [0.3, 0.4) is 0 Å². The quantitative estimate of drug-likeness (QED) is 0.736. The van der Waals surface area contributed by atoms with Crippen molar-refractivity contribution in [3.63, 3.8) is 0 Å². The van der Waals surface area contributed by atoms with Gasteiger partial charge < -0.3 is 10.2 Å². The van der Waals surface area contributed by atoms with Crippen LogP contribution in [0, 0.1) is 0 Å². The second-order valence-electron chi connectivity index (χ2n) is 3.94. The predicted molar refractivity (Wildman–Crippen MR) is 76.6 cm³/mol. The number of carboxylic acids is 2. The Morgan fingerprint density at radius 3 is 1.36 bits per heavy atom. The van der Waals surface area contributed by atoms with E-state index in [0.717, 1.165) is 0 Å². The lowest BCUT2D eigenvalue weighted by atomic mass is 10.1. The van der Waals surface area contributed by atoms with Crippen LogP contribution in [0.1, 0.15) is 20.7 Å². The van der Waals surface area contributed by atoms with Gasteiger partial charge in [-0.15, -0.1) is 0 Å². The lowest BCUT2D eigenvalue weighted by molar-refractivity contribution is 0.0651. The Balaban J connectivity index is 0.000000224. The molecule has 0 saturated carbocycles. The van der Waals surface area contributed by atoms with Gasteiger partial charge in [-0.2, -0.15) is 8.42 Å². The number of carbonyl (C=O) groups is 2. The third-order valence-corrected chi connectivity index (χ3v) is 3.30. The molecule has 0 atom stereocenters. The Morgan fingerprint density at radius 2 is 1.09 bits per heavy atom. The van der Waals surface area contributed by atoms with E-state index in [1.54, 1.807) is 18.2 Å². The highest BCUT2D eigenvalue weighted by molar-refractivity contribution is 7.85. The van der Waals surface area contributed by atoms with E-state index in [1.807, 2.05) is 0 Å². The van der Waals surface area contributed by atoms with Crippen LogP contribution in [-0.4, -0.2) is 35.1 Å². The molecule has 0 aromatic heterocycles. The zero-order valence-corrected chi connectivity index (χ0v) is 11.9. The summed E-state index contributed by atoms with van der Waals surface area (Å²) in [4.78, 5) is 20.9. The second kappa shape index (κ2) is 7.34. The number of benzene rings is 2. The standard InChI is InChI=1S/C8H6O4.C6H6O3S/c9-7(10)5-3-1-2-4-6(5)8(11)12;7-10(8,9)6-4-2-1-3-5-6/h1-4H,(H,9,10)(H,11,12);1-5H,(H,7,8,9). The van der Waals surface area contributed by atoms with Crippen LogP contribution in [0.15, 0.2) is 59.5 Å². The van der Waals surface area contributed by atoms with Gasteiger partial charge in [0.05, 0.1) is 16.0 Å². The van der Waals surface area contributed by atoms with E-state index in [1.165, 1.54) is 36.4 Å². The molecule has 0 spiro atoms. The molecule has 7 nitrogen and oxygen atoms in total. The topological polar surface area (TPSA) is 129 Å². The van der Waals surface area contributed by atoms with Crippen LogP contribution in [-0.2, 0) is 10.1 Å². The van der Waals surface area contributed by atoms with E-state index < -0.39 is 22.1 Å². The average Bonchev–Trinajstić information content (AvgIpc) is 2.48. The van der Waals surface area contributed by atoms with Crippen molar-refractivity contribution in [2.45, 2.75) is 4.90 Å². The monoisotopic (exact) mass is 324 g/mol. The van der Waals surface area contributed by atoms with Gasteiger partial charge in [-0.1, -0.05) is 30.3 Å². The lowest BCUT2D eigenvalue weighted by Crippen LogP contribution is -2.06. The van der Waals surface area contributed by atoms with Crippen molar-refractivity contribution in [1.29, 1.82) is 0 Å². The van der Waals surface area contributed by atoms with Crippen LogP contribution in [0.2, 0.25) is 0 Å². The first-order chi connectivity index (χ1) is 10.2. The molecule has 0 bridgehead atoms. The Bertz CT molecular complexity index is 734. The van der Waals surface area contributed by atoms with Crippen LogP contribution in [0.4, 0.5) is 0 Å². The van der Waals surface area contributed by atoms with Crippen LogP contribution in [0.5, 0.6) is 0 Å². The number of hydrogen-bond donors (Lipinski definition) is 3. The SMILES string of the molecule is O=C(O)c1ccccc1C(=O)O.O=S(=O)(O)c1ccccc1. The van der Waals surface area contributed by atoms with Crippen molar-refractivity contribution in [1.82, 2.24) is 0 Å². The van der Waals surface area contributed by atoms with Crippen LogP contribution in [0.25, 0.3) is 0 Å². The summed E-state index contributed by atoms with van der Waals surface area (Å²) < 4.78 is 29.2. The molecule has 0 aliphatic rings. The minimum Gasteiger partial charge on any atom is -0.478 e. The molecule has 116 valence electrons. The number of aromatic carboxylic acids is 2. The fourth-order valence-corrected chi connectivity index (χ4v) is 1.95. The lowest BCUT2D eigenvalue weighted by Gasteiger charge is -1.98. The summed E-state index contributed by atoms with van der Waals surface area (Å²) in [6.07, 6.45) is 0. The minimum atomic E-state index is -4.00. The Labute approximate surface area is 126 Å². The third kappa shape index (κ3) is 5.00. The van der Waals surface area contributed by atoms with E-state index >= 15 is 0 Å². The summed E-state index contributed by atoms with van der Waals surface area (Å²) in [6.45, 7) is 0. The van der Waals surface area contributed by atoms with Gasteiger partial charge in [0.25, 0.3) is 10.1 Å². The van der Waals surface area contributed by atoms with E-state index in [9.17, 15) is 18.0 Å². The number of rotatable bonds is 3. The molecular formula is C14H12O7S. The summed E-state index contributed by atoms with van der Waals surface area (Å²) in [5, 5.41) is 17.1. The fraction of sp³-hybridized carbons (Fsp3) is 0. The summed E-state index contributed by atoms with van der Waals surface area (Å²) in [7, 11) is -4.00. The van der Waals surface area contributed by atoms with Gasteiger partial charge in [0.2, 0.25) is 0 Å². The van der Waals surface area contributed by atoms with Crippen LogP contribution < -0.4 is 0 Å². The zero-order valence-electron chi connectivity index (χ0n) is 11.1. The first-order valence-electron chi connectivity index (χ1n) is 5.81. The van der Waals surface area contributed by atoms with E-state index in [2.05, 4.69) is 0 Å². The molecule has 22 heavy (non-hydrogen) atoms. The van der Waals surface area contributed by atoms with Crippen molar-refractivity contribution in [3.05, 3.63) is 65.7 Å². The molecule has 3 N–H and O–H groups in total. The summed E-state index contributed by atoms with van der Waals surface area (Å²) in [6, 6.07) is 12.9. The number of carboxylic acid groups (broad SMARTS) is 2. The molecule has 0 unspecified atom stereocenters. The van der Waals surface area contributed by atoms with E-state index in [-0.39, 0.29) is 16.0 Å². The molecule has 0 heterocycles. The smallest absolute Gasteiger partial charge is 0.336 e. The Kier molecular flexibility index (Phi) is 5.79. The van der Waals surface area contributed by atoms with Crippen LogP contribution >= 0.6 is 0 Å². The maximum Gasteiger partial charge on any atom is 0.336 e. The molecule has 8 heteroatoms. The van der Waals surface area contributed by atoms with Crippen molar-refractivity contribution in [2.24, 2.45) is 0 Å². The van der Waals surface area contributed by atoms with Gasteiger partial charge in [0, 0.05) is 0 Å². The summed E-state index contributed by atoms with van der Waals surface area (Å²) in [5.41, 5.74) is -0.380. The molecule has 0 radical (unpaired) electrons. The first kappa shape index (κ1) is 17.3. The van der Waals surface area contributed by atoms with Gasteiger partial charge in [-0.3, -0.25) is 4.55 Å². The number of hydrogen-bond acceptors (Lipinski definition) is 4. The summed E-state index contributed by atoms with van der Waals surface area (Å²) in [5.74, 6) is -2.46. The second-order valence-corrected chi connectivity index (χ2v) is 5.37. The van der Waals surface area contributed by atoms with Gasteiger partial charge in [-0.25, -0.2) is 9.59 Å². The normalized spacial score (nSPS) is 10.2. The van der Waals surface area contributed by atoms with Gasteiger partial charge in [0.15, 0.2) is 0 Å². The highest BCUT2D eigenvalue weighted by Crippen LogP contribution is 2.08. The molecule has 0 saturated heterocycles. The zero-order chi connectivity index (χ0) is 16.8. The maximum absolute atomic E-state index is 10.5. The summed E-state index contributed by atoms with van der Waals surface area (Å²) >= 11 is 0.